The van der Waals surface area contributed by atoms with Crippen LogP contribution in [0.15, 0.2) is 35.4 Å². The number of nitrogens with one attached hydrogen (secondary N) is 1. The van der Waals surface area contributed by atoms with Crippen molar-refractivity contribution in [2.24, 2.45) is 11.0 Å². The van der Waals surface area contributed by atoms with Gasteiger partial charge in [-0.25, -0.2) is 5.43 Å². The number of carbonyl (C=O) groups is 1. The van der Waals surface area contributed by atoms with Crippen molar-refractivity contribution >= 4 is 12.1 Å². The molecule has 1 aliphatic rings. The monoisotopic (exact) mass is 296 g/mol. The summed E-state index contributed by atoms with van der Waals surface area (Å²) in [6, 6.07) is 10.2. The van der Waals surface area contributed by atoms with Gasteiger partial charge in [-0.2, -0.15) is 10.2 Å². The predicted molar refractivity (Wildman–Crippen MR) is 85.7 cm³/mol. The highest BCUT2D eigenvalue weighted by Gasteiger charge is 2.29. The fourth-order valence-corrected chi connectivity index (χ4v) is 2.41. The van der Waals surface area contributed by atoms with Crippen LogP contribution >= 0.6 is 0 Å². The van der Waals surface area contributed by atoms with E-state index in [1.54, 1.807) is 6.21 Å². The molecule has 0 aliphatic heterocycles. The van der Waals surface area contributed by atoms with Crippen molar-refractivity contribution in [3.05, 3.63) is 52.8 Å². The molecular formula is C17H20N4O. The number of hydrogen-bond donors (Lipinski definition) is 1. The summed E-state index contributed by atoms with van der Waals surface area (Å²) < 4.78 is 1.97. The Morgan fingerprint density at radius 2 is 2.09 bits per heavy atom. The zero-order valence-electron chi connectivity index (χ0n) is 12.9. The number of carbonyl (C=O) groups excluding carboxylic acids is 1. The van der Waals surface area contributed by atoms with Gasteiger partial charge in [0.25, 0.3) is 0 Å². The molecule has 1 aromatic heterocycles. The maximum absolute atomic E-state index is 11.6. The van der Waals surface area contributed by atoms with Crippen molar-refractivity contribution in [2.75, 3.05) is 0 Å². The van der Waals surface area contributed by atoms with Crippen LogP contribution in [0.3, 0.4) is 0 Å². The molecule has 1 fully saturated rings. The minimum absolute atomic E-state index is 0.0169. The minimum atomic E-state index is 0.0169. The molecule has 22 heavy (non-hydrogen) atoms. The van der Waals surface area contributed by atoms with Gasteiger partial charge in [0.2, 0.25) is 5.91 Å². The zero-order chi connectivity index (χ0) is 15.5. The van der Waals surface area contributed by atoms with Crippen molar-refractivity contribution in [1.82, 2.24) is 15.2 Å². The van der Waals surface area contributed by atoms with Crippen LogP contribution in [0, 0.1) is 19.8 Å². The Morgan fingerprint density at radius 3 is 2.77 bits per heavy atom. The highest BCUT2D eigenvalue weighted by Crippen LogP contribution is 2.28. The molecule has 0 spiro atoms. The van der Waals surface area contributed by atoms with E-state index < -0.39 is 0 Å². The largest absolute Gasteiger partial charge is 0.273 e. The number of nitrogens with zero attached hydrogens (tertiary/aromatic N) is 3. The van der Waals surface area contributed by atoms with Crippen LogP contribution < -0.4 is 5.43 Å². The van der Waals surface area contributed by atoms with Gasteiger partial charge in [-0.3, -0.25) is 9.48 Å². The first-order chi connectivity index (χ1) is 10.6. The Balaban J connectivity index is 1.72. The number of amides is 1. The van der Waals surface area contributed by atoms with Crippen LogP contribution in [0.25, 0.3) is 0 Å². The smallest absolute Gasteiger partial charge is 0.243 e. The molecule has 0 atom stereocenters. The minimum Gasteiger partial charge on any atom is -0.273 e. The van der Waals surface area contributed by atoms with E-state index in [0.717, 1.165) is 36.3 Å². The van der Waals surface area contributed by atoms with E-state index >= 15 is 0 Å². The molecule has 5 nitrogen and oxygen atoms in total. The third-order valence-electron chi connectivity index (χ3n) is 3.93. The van der Waals surface area contributed by atoms with Gasteiger partial charge in [0.15, 0.2) is 0 Å². The summed E-state index contributed by atoms with van der Waals surface area (Å²) in [6.07, 6.45) is 3.66. The number of hydrazone groups is 1. The molecule has 1 aliphatic carbocycles. The molecule has 0 bridgehead atoms. The highest BCUT2D eigenvalue weighted by atomic mass is 16.2. The van der Waals surface area contributed by atoms with Gasteiger partial charge in [-0.05, 0) is 32.3 Å². The number of aromatic nitrogens is 2. The molecule has 114 valence electrons. The molecule has 1 heterocycles. The van der Waals surface area contributed by atoms with Crippen molar-refractivity contribution in [2.45, 2.75) is 33.2 Å². The fourth-order valence-electron chi connectivity index (χ4n) is 2.41. The van der Waals surface area contributed by atoms with Crippen molar-refractivity contribution in [3.63, 3.8) is 0 Å². The average molecular weight is 296 g/mol. The molecule has 5 heteroatoms. The topological polar surface area (TPSA) is 59.3 Å². The lowest BCUT2D eigenvalue weighted by Gasteiger charge is -2.04. The van der Waals surface area contributed by atoms with Crippen molar-refractivity contribution < 1.29 is 4.79 Å². The van der Waals surface area contributed by atoms with Crippen LogP contribution in [-0.2, 0) is 11.3 Å². The van der Waals surface area contributed by atoms with Crippen LogP contribution in [0.4, 0.5) is 0 Å². The predicted octanol–water partition coefficient (Wildman–Crippen LogP) is 2.41. The summed E-state index contributed by atoms with van der Waals surface area (Å²) in [4.78, 5) is 11.6. The normalized spacial score (nSPS) is 14.5. The lowest BCUT2D eigenvalue weighted by molar-refractivity contribution is -0.122. The molecule has 3 rings (SSSR count). The van der Waals surface area contributed by atoms with Crippen molar-refractivity contribution in [3.8, 4) is 0 Å². The first kappa shape index (κ1) is 14.5. The van der Waals surface area contributed by atoms with Gasteiger partial charge in [0.05, 0.1) is 18.5 Å². The van der Waals surface area contributed by atoms with Crippen LogP contribution in [0.1, 0.15) is 35.4 Å². The van der Waals surface area contributed by atoms with E-state index in [1.165, 1.54) is 5.56 Å². The quantitative estimate of drug-likeness (QED) is 0.680. The van der Waals surface area contributed by atoms with Gasteiger partial charge < -0.3 is 0 Å². The first-order valence-electron chi connectivity index (χ1n) is 7.56. The highest BCUT2D eigenvalue weighted by molar-refractivity contribution is 5.85. The second-order valence-electron chi connectivity index (χ2n) is 5.74. The maximum Gasteiger partial charge on any atom is 0.243 e. The number of rotatable bonds is 5. The van der Waals surface area contributed by atoms with E-state index in [4.69, 9.17) is 0 Å². The van der Waals surface area contributed by atoms with E-state index in [-0.39, 0.29) is 11.8 Å². The van der Waals surface area contributed by atoms with E-state index in [1.807, 2.05) is 36.7 Å². The van der Waals surface area contributed by atoms with Crippen molar-refractivity contribution in [1.29, 1.82) is 0 Å². The van der Waals surface area contributed by atoms with Crippen LogP contribution in [0.2, 0.25) is 0 Å². The molecule has 0 saturated heterocycles. The lowest BCUT2D eigenvalue weighted by Crippen LogP contribution is -2.19. The molecule has 2 aromatic rings. The summed E-state index contributed by atoms with van der Waals surface area (Å²) in [5.41, 5.74) is 6.73. The molecule has 1 aromatic carbocycles. The molecule has 1 N–H and O–H groups in total. The van der Waals surface area contributed by atoms with Crippen LogP contribution in [-0.4, -0.2) is 21.9 Å². The number of benzene rings is 1. The summed E-state index contributed by atoms with van der Waals surface area (Å²) in [5, 5.41) is 8.63. The zero-order valence-corrected chi connectivity index (χ0v) is 12.9. The molecule has 0 radical (unpaired) electrons. The Kier molecular flexibility index (Phi) is 4.04. The average Bonchev–Trinajstić information content (AvgIpc) is 3.32. The third-order valence-corrected chi connectivity index (χ3v) is 3.93. The Hall–Kier alpha value is -2.43. The van der Waals surface area contributed by atoms with E-state index in [0.29, 0.717) is 0 Å². The lowest BCUT2D eigenvalue weighted by atomic mass is 10.2. The summed E-state index contributed by atoms with van der Waals surface area (Å²) >= 11 is 0. The van der Waals surface area contributed by atoms with Gasteiger partial charge in [0.1, 0.15) is 0 Å². The summed E-state index contributed by atoms with van der Waals surface area (Å²) in [7, 11) is 0. The van der Waals surface area contributed by atoms with Crippen LogP contribution in [0.5, 0.6) is 0 Å². The third kappa shape index (κ3) is 3.24. The van der Waals surface area contributed by atoms with Gasteiger partial charge in [-0.15, -0.1) is 0 Å². The van der Waals surface area contributed by atoms with Gasteiger partial charge in [-0.1, -0.05) is 30.3 Å². The fraction of sp³-hybridized carbons (Fsp3) is 0.353. The Labute approximate surface area is 130 Å². The molecule has 0 unspecified atom stereocenters. The maximum atomic E-state index is 11.6. The Morgan fingerprint density at radius 1 is 1.36 bits per heavy atom. The van der Waals surface area contributed by atoms with Gasteiger partial charge >= 0.3 is 0 Å². The summed E-state index contributed by atoms with van der Waals surface area (Å²) in [5.74, 6) is 0.184. The van der Waals surface area contributed by atoms with Gasteiger partial charge in [0, 0.05) is 17.2 Å². The summed E-state index contributed by atoms with van der Waals surface area (Å²) in [6.45, 7) is 4.71. The van der Waals surface area contributed by atoms with E-state index in [9.17, 15) is 4.79 Å². The standard InChI is InChI=1S/C17H20N4O/c1-12-16(10-18-19-17(22)15-8-9-15)13(2)21(20-12)11-14-6-4-3-5-7-14/h3-7,10,15H,8-9,11H2,1-2H3,(H,19,22)/b18-10-. The van der Waals surface area contributed by atoms with E-state index in [2.05, 4.69) is 27.8 Å². The molecule has 1 amide bonds. The molecular weight excluding hydrogens is 276 g/mol. The number of aryl methyl sites for hydroxylation is 1. The SMILES string of the molecule is Cc1nn(Cc2ccccc2)c(C)c1/C=N\NC(=O)C1CC1. The Bertz CT molecular complexity index is 699. The molecule has 1 saturated carbocycles. The number of hydrogen-bond acceptors (Lipinski definition) is 3. The second kappa shape index (κ2) is 6.13. The first-order valence-corrected chi connectivity index (χ1v) is 7.56. The second-order valence-corrected chi connectivity index (χ2v) is 5.74.